The molecule has 0 unspecified atom stereocenters. The Kier molecular flexibility index (Phi) is 7.80. The second-order valence-electron chi connectivity index (χ2n) is 5.77. The van der Waals surface area contributed by atoms with Crippen LogP contribution in [-0.2, 0) is 9.59 Å². The van der Waals surface area contributed by atoms with Gasteiger partial charge in [-0.25, -0.2) is 9.59 Å². The van der Waals surface area contributed by atoms with Gasteiger partial charge in [0, 0.05) is 11.1 Å². The highest BCUT2D eigenvalue weighted by molar-refractivity contribution is 5.90. The minimum atomic E-state index is -0.988. The summed E-state index contributed by atoms with van der Waals surface area (Å²) in [5.41, 5.74) is 1.30. The number of carboxylic acid groups (broad SMARTS) is 2. The van der Waals surface area contributed by atoms with E-state index in [1.807, 2.05) is 0 Å². The van der Waals surface area contributed by atoms with Crippen LogP contribution < -0.4 is 0 Å². The summed E-state index contributed by atoms with van der Waals surface area (Å²) in [7, 11) is 0. The van der Waals surface area contributed by atoms with Crippen LogP contribution in [0.4, 0.5) is 0 Å². The van der Waals surface area contributed by atoms with Crippen LogP contribution in [0, 0.1) is 0 Å². The molecule has 0 spiro atoms. The van der Waals surface area contributed by atoms with E-state index < -0.39 is 11.9 Å². The highest BCUT2D eigenvalue weighted by Gasteiger charge is 2.14. The molecule has 1 rings (SSSR count). The molecule has 0 radical (unpaired) electrons. The van der Waals surface area contributed by atoms with Gasteiger partial charge in [-0.3, -0.25) is 0 Å². The van der Waals surface area contributed by atoms with Gasteiger partial charge < -0.3 is 10.2 Å². The third kappa shape index (κ3) is 6.61. The molecule has 0 aromatic heterocycles. The average molecular weight is 294 g/mol. The van der Waals surface area contributed by atoms with Crippen molar-refractivity contribution < 1.29 is 19.8 Å². The Labute approximate surface area is 126 Å². The van der Waals surface area contributed by atoms with Crippen LogP contribution in [-0.4, -0.2) is 22.2 Å². The zero-order valence-corrected chi connectivity index (χ0v) is 12.9. The van der Waals surface area contributed by atoms with E-state index in [1.165, 1.54) is 26.2 Å². The lowest BCUT2D eigenvalue weighted by molar-refractivity contribution is -0.133. The minimum absolute atomic E-state index is 0.204. The first-order valence-electron chi connectivity index (χ1n) is 7.89. The predicted molar refractivity (Wildman–Crippen MR) is 82.2 cm³/mol. The minimum Gasteiger partial charge on any atom is -0.478 e. The third-order valence-electron chi connectivity index (χ3n) is 4.00. The Morgan fingerprint density at radius 3 is 1.81 bits per heavy atom. The van der Waals surface area contributed by atoms with Gasteiger partial charge in [0.05, 0.1) is 0 Å². The van der Waals surface area contributed by atoms with Crippen molar-refractivity contribution in [3.8, 4) is 0 Å². The fraction of sp³-hybridized carbons (Fsp3) is 0.647. The maximum atomic E-state index is 11.5. The molecule has 4 nitrogen and oxygen atoms in total. The number of aliphatic carboxylic acids is 2. The van der Waals surface area contributed by atoms with E-state index in [9.17, 15) is 14.7 Å². The van der Waals surface area contributed by atoms with Gasteiger partial charge in [-0.1, -0.05) is 38.5 Å². The van der Waals surface area contributed by atoms with Gasteiger partial charge in [-0.15, -0.1) is 0 Å². The molecule has 0 saturated carbocycles. The Bertz CT molecular complexity index is 432. The highest BCUT2D eigenvalue weighted by atomic mass is 16.4. The van der Waals surface area contributed by atoms with Crippen molar-refractivity contribution in [3.63, 3.8) is 0 Å². The van der Waals surface area contributed by atoms with Crippen LogP contribution in [0.25, 0.3) is 0 Å². The standard InChI is InChI=1S/C17H26O4/c1-13(16(18)19)12-14-10-8-6-4-2-3-5-7-9-11-15(14)17(20)21/h12H,2-11H2,1H3,(H,18,19)(H,20,21). The fourth-order valence-electron chi connectivity index (χ4n) is 2.72. The number of carboxylic acids is 2. The summed E-state index contributed by atoms with van der Waals surface area (Å²) in [6, 6.07) is 0. The van der Waals surface area contributed by atoms with Crippen molar-refractivity contribution in [2.24, 2.45) is 0 Å². The van der Waals surface area contributed by atoms with Gasteiger partial charge in [0.25, 0.3) is 0 Å². The van der Waals surface area contributed by atoms with Gasteiger partial charge in [-0.2, -0.15) is 0 Å². The highest BCUT2D eigenvalue weighted by Crippen LogP contribution is 2.24. The van der Waals surface area contributed by atoms with Crippen LogP contribution in [0.3, 0.4) is 0 Å². The first-order chi connectivity index (χ1) is 10.0. The van der Waals surface area contributed by atoms with E-state index in [4.69, 9.17) is 5.11 Å². The number of carbonyl (C=O) groups is 2. The van der Waals surface area contributed by atoms with Crippen LogP contribution in [0.15, 0.2) is 22.8 Å². The zero-order valence-electron chi connectivity index (χ0n) is 12.9. The third-order valence-corrected chi connectivity index (χ3v) is 4.00. The smallest absolute Gasteiger partial charge is 0.331 e. The molecule has 0 aromatic rings. The monoisotopic (exact) mass is 294 g/mol. The van der Waals surface area contributed by atoms with Gasteiger partial charge in [-0.05, 0) is 44.3 Å². The van der Waals surface area contributed by atoms with Crippen molar-refractivity contribution in [1.29, 1.82) is 0 Å². The first kappa shape index (κ1) is 17.5. The van der Waals surface area contributed by atoms with E-state index in [-0.39, 0.29) is 5.57 Å². The van der Waals surface area contributed by atoms with Crippen molar-refractivity contribution >= 4 is 11.9 Å². The number of allylic oxidation sites excluding steroid dienone is 2. The lowest BCUT2D eigenvalue weighted by Gasteiger charge is -2.12. The SMILES string of the molecule is CC(=CC1=C(C(=O)O)CCCCCCCCCC1)C(=O)O. The quantitative estimate of drug-likeness (QED) is 0.760. The van der Waals surface area contributed by atoms with Crippen LogP contribution in [0.1, 0.15) is 71.1 Å². The molecular weight excluding hydrogens is 268 g/mol. The molecule has 1 aliphatic carbocycles. The Morgan fingerprint density at radius 1 is 0.857 bits per heavy atom. The molecule has 0 saturated heterocycles. The Hall–Kier alpha value is -1.58. The van der Waals surface area contributed by atoms with Crippen LogP contribution in [0.2, 0.25) is 0 Å². The molecule has 0 fully saturated rings. The summed E-state index contributed by atoms with van der Waals surface area (Å²) < 4.78 is 0. The van der Waals surface area contributed by atoms with Crippen molar-refractivity contribution in [1.82, 2.24) is 0 Å². The molecule has 0 aromatic carbocycles. The molecule has 0 bridgehead atoms. The molecule has 21 heavy (non-hydrogen) atoms. The van der Waals surface area contributed by atoms with Crippen LogP contribution in [0.5, 0.6) is 0 Å². The van der Waals surface area contributed by atoms with Crippen LogP contribution >= 0.6 is 0 Å². The molecule has 0 heterocycles. The number of hydrogen-bond donors (Lipinski definition) is 2. The van der Waals surface area contributed by atoms with Gasteiger partial charge >= 0.3 is 11.9 Å². The fourth-order valence-corrected chi connectivity index (χ4v) is 2.72. The molecule has 118 valence electrons. The molecule has 2 N–H and O–H groups in total. The summed E-state index contributed by atoms with van der Waals surface area (Å²) in [6.45, 7) is 1.52. The predicted octanol–water partition coefficient (Wildman–Crippen LogP) is 4.31. The lowest BCUT2D eigenvalue weighted by Crippen LogP contribution is -2.06. The first-order valence-corrected chi connectivity index (χ1v) is 7.89. The second-order valence-corrected chi connectivity index (χ2v) is 5.77. The molecule has 0 aliphatic heterocycles. The molecular formula is C17H26O4. The normalized spacial score (nSPS) is 19.6. The summed E-state index contributed by atoms with van der Waals surface area (Å²) >= 11 is 0. The maximum absolute atomic E-state index is 11.5. The number of rotatable bonds is 3. The largest absolute Gasteiger partial charge is 0.478 e. The molecule has 0 atom stereocenters. The topological polar surface area (TPSA) is 74.6 Å². The van der Waals surface area contributed by atoms with Gasteiger partial charge in [0.15, 0.2) is 0 Å². The Balaban J connectivity index is 3.01. The van der Waals surface area contributed by atoms with E-state index in [1.54, 1.807) is 6.08 Å². The number of hydrogen-bond acceptors (Lipinski definition) is 2. The molecule has 4 heteroatoms. The maximum Gasteiger partial charge on any atom is 0.331 e. The second kappa shape index (κ2) is 9.37. The van der Waals surface area contributed by atoms with E-state index in [0.717, 1.165) is 32.1 Å². The molecule has 1 aliphatic rings. The zero-order chi connectivity index (χ0) is 15.7. The average Bonchev–Trinajstić information content (AvgIpc) is 2.41. The van der Waals surface area contributed by atoms with Crippen molar-refractivity contribution in [2.45, 2.75) is 71.1 Å². The summed E-state index contributed by atoms with van der Waals surface area (Å²) in [5, 5.41) is 18.4. The molecule has 0 amide bonds. The van der Waals surface area contributed by atoms with Gasteiger partial charge in [0.1, 0.15) is 0 Å². The lowest BCUT2D eigenvalue weighted by atomic mass is 9.93. The van der Waals surface area contributed by atoms with E-state index in [0.29, 0.717) is 24.0 Å². The summed E-state index contributed by atoms with van der Waals surface area (Å²) in [4.78, 5) is 22.5. The summed E-state index contributed by atoms with van der Waals surface area (Å²) in [5.74, 6) is -1.89. The van der Waals surface area contributed by atoms with Crippen molar-refractivity contribution in [3.05, 3.63) is 22.8 Å². The summed E-state index contributed by atoms with van der Waals surface area (Å²) in [6.07, 6.45) is 11.5. The Morgan fingerprint density at radius 2 is 1.33 bits per heavy atom. The van der Waals surface area contributed by atoms with E-state index in [2.05, 4.69) is 0 Å². The van der Waals surface area contributed by atoms with E-state index >= 15 is 0 Å². The van der Waals surface area contributed by atoms with Gasteiger partial charge in [0.2, 0.25) is 0 Å². The van der Waals surface area contributed by atoms with Crippen molar-refractivity contribution in [2.75, 3.05) is 0 Å².